The number of aromatic nitrogens is 2. The number of piperidine rings is 1. The van der Waals surface area contributed by atoms with Gasteiger partial charge in [0.15, 0.2) is 5.82 Å². The highest BCUT2D eigenvalue weighted by atomic mass is 16.5. The van der Waals surface area contributed by atoms with Crippen molar-refractivity contribution >= 4 is 11.7 Å². The predicted molar refractivity (Wildman–Crippen MR) is 90.5 cm³/mol. The minimum absolute atomic E-state index is 0.180. The molecule has 7 nitrogen and oxygen atoms in total. The zero-order valence-electron chi connectivity index (χ0n) is 13.9. The topological polar surface area (TPSA) is 83.3 Å². The van der Waals surface area contributed by atoms with Gasteiger partial charge in [0.2, 0.25) is 5.89 Å². The lowest BCUT2D eigenvalue weighted by atomic mass is 10.0. The number of carbonyl (C=O) groups excluding carboxylic acids is 1. The van der Waals surface area contributed by atoms with Gasteiger partial charge in [-0.3, -0.25) is 4.90 Å². The van der Waals surface area contributed by atoms with Crippen LogP contribution in [0.15, 0.2) is 34.9 Å². The van der Waals surface area contributed by atoms with E-state index in [9.17, 15) is 4.79 Å². The molecule has 0 bridgehead atoms. The fourth-order valence-electron chi connectivity index (χ4n) is 2.98. The molecule has 3 rings (SSSR count). The monoisotopic (exact) mass is 329 g/mol. The average Bonchev–Trinajstić information content (AvgIpc) is 3.00. The molecule has 1 atom stereocenters. The predicted octanol–water partition coefficient (Wildman–Crippen LogP) is 2.55. The number of anilines is 1. The molecule has 1 fully saturated rings. The van der Waals surface area contributed by atoms with Gasteiger partial charge in [0.1, 0.15) is 0 Å². The molecule has 2 N–H and O–H groups in total. The van der Waals surface area contributed by atoms with Crippen LogP contribution in [0.25, 0.3) is 0 Å². The smallest absolute Gasteiger partial charge is 0.319 e. The standard InChI is InChI=1S/C17H23N5O2/c1-13-19-16(24-21-13)12-22-10-6-5-9-15(22)11-18-17(23)20-14-7-3-2-4-8-14/h2-4,7-8,15H,5-6,9-12H2,1H3,(H2,18,20,23)/t15-/m1/s1. The van der Waals surface area contributed by atoms with Crippen molar-refractivity contribution in [2.75, 3.05) is 18.4 Å². The Balaban J connectivity index is 1.51. The largest absolute Gasteiger partial charge is 0.338 e. The van der Waals surface area contributed by atoms with Crippen molar-refractivity contribution < 1.29 is 9.32 Å². The van der Waals surface area contributed by atoms with Crippen LogP contribution in [0.3, 0.4) is 0 Å². The van der Waals surface area contributed by atoms with Crippen LogP contribution in [0.1, 0.15) is 31.0 Å². The fraction of sp³-hybridized carbons (Fsp3) is 0.471. The van der Waals surface area contributed by atoms with Gasteiger partial charge >= 0.3 is 6.03 Å². The van der Waals surface area contributed by atoms with Crippen LogP contribution >= 0.6 is 0 Å². The van der Waals surface area contributed by atoms with Crippen molar-refractivity contribution in [2.45, 2.75) is 38.8 Å². The van der Waals surface area contributed by atoms with Gasteiger partial charge in [0, 0.05) is 18.3 Å². The van der Waals surface area contributed by atoms with E-state index in [-0.39, 0.29) is 12.1 Å². The quantitative estimate of drug-likeness (QED) is 0.881. The second-order valence-electron chi connectivity index (χ2n) is 6.06. The van der Waals surface area contributed by atoms with E-state index < -0.39 is 0 Å². The van der Waals surface area contributed by atoms with Crippen molar-refractivity contribution in [3.63, 3.8) is 0 Å². The van der Waals surface area contributed by atoms with Gasteiger partial charge in [-0.05, 0) is 38.4 Å². The maximum absolute atomic E-state index is 12.0. The summed E-state index contributed by atoms with van der Waals surface area (Å²) in [5.41, 5.74) is 0.789. The van der Waals surface area contributed by atoms with Gasteiger partial charge in [-0.1, -0.05) is 29.8 Å². The highest BCUT2D eigenvalue weighted by molar-refractivity contribution is 5.89. The number of likely N-dealkylation sites (tertiary alicyclic amines) is 1. The van der Waals surface area contributed by atoms with E-state index in [0.29, 0.717) is 24.8 Å². The Labute approximate surface area is 141 Å². The van der Waals surface area contributed by atoms with E-state index in [1.54, 1.807) is 0 Å². The summed E-state index contributed by atoms with van der Waals surface area (Å²) in [5, 5.41) is 9.64. The van der Waals surface area contributed by atoms with Gasteiger partial charge in [-0.15, -0.1) is 0 Å². The molecule has 1 aromatic carbocycles. The Morgan fingerprint density at radius 1 is 1.33 bits per heavy atom. The normalized spacial score (nSPS) is 18.3. The van der Waals surface area contributed by atoms with Crippen molar-refractivity contribution in [1.29, 1.82) is 0 Å². The lowest BCUT2D eigenvalue weighted by molar-refractivity contribution is 0.123. The molecule has 1 aromatic heterocycles. The van der Waals surface area contributed by atoms with Gasteiger partial charge in [-0.2, -0.15) is 4.98 Å². The van der Waals surface area contributed by atoms with E-state index >= 15 is 0 Å². The number of benzene rings is 1. The molecule has 1 aliphatic rings. The molecule has 24 heavy (non-hydrogen) atoms. The second-order valence-corrected chi connectivity index (χ2v) is 6.06. The molecule has 1 saturated heterocycles. The average molecular weight is 329 g/mol. The molecule has 1 aliphatic heterocycles. The van der Waals surface area contributed by atoms with E-state index in [1.807, 2.05) is 37.3 Å². The Kier molecular flexibility index (Phi) is 5.43. The molecule has 0 spiro atoms. The molecule has 7 heteroatoms. The first-order valence-corrected chi connectivity index (χ1v) is 8.34. The molecule has 2 aromatic rings. The van der Waals surface area contributed by atoms with Crippen LogP contribution in [0.5, 0.6) is 0 Å². The first-order chi connectivity index (χ1) is 11.7. The summed E-state index contributed by atoms with van der Waals surface area (Å²) in [6, 6.07) is 9.54. The number of aryl methyl sites for hydroxylation is 1. The molecule has 2 heterocycles. The van der Waals surface area contributed by atoms with E-state index in [0.717, 1.165) is 25.1 Å². The Hall–Kier alpha value is -2.41. The minimum Gasteiger partial charge on any atom is -0.338 e. The maximum Gasteiger partial charge on any atom is 0.319 e. The van der Waals surface area contributed by atoms with E-state index in [2.05, 4.69) is 25.7 Å². The summed E-state index contributed by atoms with van der Waals surface area (Å²) in [6.07, 6.45) is 3.38. The summed E-state index contributed by atoms with van der Waals surface area (Å²) >= 11 is 0. The summed E-state index contributed by atoms with van der Waals surface area (Å²) in [6.45, 7) is 4.03. The summed E-state index contributed by atoms with van der Waals surface area (Å²) in [7, 11) is 0. The number of para-hydroxylation sites is 1. The van der Waals surface area contributed by atoms with Gasteiger partial charge < -0.3 is 15.2 Å². The summed E-state index contributed by atoms with van der Waals surface area (Å²) in [5.74, 6) is 1.28. The number of nitrogens with one attached hydrogen (secondary N) is 2. The lowest BCUT2D eigenvalue weighted by Crippen LogP contribution is -2.47. The fourth-order valence-corrected chi connectivity index (χ4v) is 2.98. The number of nitrogens with zero attached hydrogens (tertiary/aromatic N) is 3. The third kappa shape index (κ3) is 4.55. The number of carbonyl (C=O) groups is 1. The second kappa shape index (κ2) is 7.92. The molecule has 2 amide bonds. The first kappa shape index (κ1) is 16.4. The molecular weight excluding hydrogens is 306 g/mol. The number of amides is 2. The van der Waals surface area contributed by atoms with Crippen molar-refractivity contribution in [1.82, 2.24) is 20.4 Å². The SMILES string of the molecule is Cc1noc(CN2CCCC[C@@H]2CNC(=O)Nc2ccccc2)n1. The van der Waals surface area contributed by atoms with Crippen LogP contribution in [0.2, 0.25) is 0 Å². The van der Waals surface area contributed by atoms with Crippen LogP contribution in [0.4, 0.5) is 10.5 Å². The third-order valence-electron chi connectivity index (χ3n) is 4.19. The van der Waals surface area contributed by atoms with Crippen LogP contribution < -0.4 is 10.6 Å². The lowest BCUT2D eigenvalue weighted by Gasteiger charge is -2.34. The number of hydrogen-bond donors (Lipinski definition) is 2. The Morgan fingerprint density at radius 2 is 2.17 bits per heavy atom. The Morgan fingerprint density at radius 3 is 2.92 bits per heavy atom. The minimum atomic E-state index is -0.180. The molecule has 0 unspecified atom stereocenters. The van der Waals surface area contributed by atoms with Crippen LogP contribution in [-0.4, -0.2) is 40.2 Å². The van der Waals surface area contributed by atoms with Crippen molar-refractivity contribution in [2.24, 2.45) is 0 Å². The number of urea groups is 1. The van der Waals surface area contributed by atoms with Gasteiger partial charge in [-0.25, -0.2) is 4.79 Å². The van der Waals surface area contributed by atoms with Crippen LogP contribution in [-0.2, 0) is 6.54 Å². The van der Waals surface area contributed by atoms with Crippen LogP contribution in [0, 0.1) is 6.92 Å². The highest BCUT2D eigenvalue weighted by Crippen LogP contribution is 2.18. The molecule has 0 radical (unpaired) electrons. The molecule has 0 saturated carbocycles. The van der Waals surface area contributed by atoms with E-state index in [4.69, 9.17) is 4.52 Å². The highest BCUT2D eigenvalue weighted by Gasteiger charge is 2.24. The number of rotatable bonds is 5. The van der Waals surface area contributed by atoms with Gasteiger partial charge in [0.25, 0.3) is 0 Å². The zero-order valence-corrected chi connectivity index (χ0v) is 13.9. The zero-order chi connectivity index (χ0) is 16.8. The summed E-state index contributed by atoms with van der Waals surface area (Å²) < 4.78 is 5.22. The van der Waals surface area contributed by atoms with Gasteiger partial charge in [0.05, 0.1) is 6.54 Å². The molecule has 0 aliphatic carbocycles. The number of hydrogen-bond acceptors (Lipinski definition) is 5. The Bertz CT molecular complexity index is 658. The first-order valence-electron chi connectivity index (χ1n) is 8.34. The summed E-state index contributed by atoms with van der Waals surface area (Å²) in [4.78, 5) is 18.6. The van der Waals surface area contributed by atoms with E-state index in [1.165, 1.54) is 6.42 Å². The molecular formula is C17H23N5O2. The van der Waals surface area contributed by atoms with Crippen molar-refractivity contribution in [3.8, 4) is 0 Å². The molecule has 128 valence electrons. The maximum atomic E-state index is 12.0. The third-order valence-corrected chi connectivity index (χ3v) is 4.19. The van der Waals surface area contributed by atoms with Crippen molar-refractivity contribution in [3.05, 3.63) is 42.0 Å².